The van der Waals surface area contributed by atoms with Gasteiger partial charge in [-0.25, -0.2) is 15.0 Å². The fourth-order valence-corrected chi connectivity index (χ4v) is 0.974. The number of hydrogen-bond donors (Lipinski definition) is 1. The Morgan fingerprint density at radius 2 is 2.25 bits per heavy atom. The SMILES string of the molecule is Cc1cnc(-c2ccncn2)[nH]1. The average molecular weight is 160 g/mol. The van der Waals surface area contributed by atoms with E-state index in [0.717, 1.165) is 17.2 Å². The molecule has 0 bridgehead atoms. The minimum atomic E-state index is 0.787. The van der Waals surface area contributed by atoms with Crippen LogP contribution in [0.15, 0.2) is 24.8 Å². The summed E-state index contributed by atoms with van der Waals surface area (Å²) in [7, 11) is 0. The molecule has 2 aromatic rings. The number of nitrogens with zero attached hydrogens (tertiary/aromatic N) is 3. The van der Waals surface area contributed by atoms with Crippen molar-refractivity contribution in [1.82, 2.24) is 19.9 Å². The first kappa shape index (κ1) is 6.97. The van der Waals surface area contributed by atoms with Crippen molar-refractivity contribution < 1.29 is 0 Å². The van der Waals surface area contributed by atoms with Crippen molar-refractivity contribution in [1.29, 1.82) is 0 Å². The summed E-state index contributed by atoms with van der Waals surface area (Å²) >= 11 is 0. The maximum atomic E-state index is 4.14. The lowest BCUT2D eigenvalue weighted by Crippen LogP contribution is -1.85. The highest BCUT2D eigenvalue weighted by molar-refractivity contribution is 5.47. The molecular formula is C8H8N4. The first-order valence-corrected chi connectivity index (χ1v) is 3.64. The van der Waals surface area contributed by atoms with E-state index in [-0.39, 0.29) is 0 Å². The van der Waals surface area contributed by atoms with Crippen LogP contribution in [0.2, 0.25) is 0 Å². The molecule has 12 heavy (non-hydrogen) atoms. The van der Waals surface area contributed by atoms with Crippen molar-refractivity contribution in [2.75, 3.05) is 0 Å². The van der Waals surface area contributed by atoms with Gasteiger partial charge in [0, 0.05) is 18.1 Å². The fraction of sp³-hybridized carbons (Fsp3) is 0.125. The summed E-state index contributed by atoms with van der Waals surface area (Å²) in [4.78, 5) is 15.1. The number of aryl methyl sites for hydroxylation is 1. The van der Waals surface area contributed by atoms with Gasteiger partial charge in [-0.15, -0.1) is 0 Å². The van der Waals surface area contributed by atoms with Crippen LogP contribution in [0.1, 0.15) is 5.69 Å². The van der Waals surface area contributed by atoms with Gasteiger partial charge in [-0.3, -0.25) is 0 Å². The second-order valence-electron chi connectivity index (χ2n) is 2.51. The number of imidazole rings is 1. The quantitative estimate of drug-likeness (QED) is 0.681. The van der Waals surface area contributed by atoms with Crippen molar-refractivity contribution >= 4 is 0 Å². The van der Waals surface area contributed by atoms with Crippen molar-refractivity contribution in [2.45, 2.75) is 6.92 Å². The van der Waals surface area contributed by atoms with E-state index in [0.29, 0.717) is 0 Å². The van der Waals surface area contributed by atoms with Gasteiger partial charge in [-0.2, -0.15) is 0 Å². The molecule has 0 saturated heterocycles. The standard InChI is InChI=1S/C8H8N4/c1-6-4-10-8(12-6)7-2-3-9-5-11-7/h2-5H,1H3,(H,10,12). The zero-order valence-corrected chi connectivity index (χ0v) is 6.65. The molecule has 0 amide bonds. The third kappa shape index (κ3) is 1.18. The van der Waals surface area contributed by atoms with E-state index in [1.165, 1.54) is 6.33 Å². The molecule has 2 heterocycles. The Hall–Kier alpha value is -1.71. The molecule has 0 unspecified atom stereocenters. The van der Waals surface area contributed by atoms with E-state index in [1.54, 1.807) is 12.4 Å². The first-order chi connectivity index (χ1) is 5.86. The zero-order chi connectivity index (χ0) is 8.39. The van der Waals surface area contributed by atoms with Crippen LogP contribution in [0.25, 0.3) is 11.5 Å². The molecule has 0 aromatic carbocycles. The maximum absolute atomic E-state index is 4.14. The van der Waals surface area contributed by atoms with Gasteiger partial charge in [-0.1, -0.05) is 0 Å². The van der Waals surface area contributed by atoms with Crippen molar-refractivity contribution in [3.63, 3.8) is 0 Å². The lowest BCUT2D eigenvalue weighted by atomic mass is 10.4. The third-order valence-electron chi connectivity index (χ3n) is 1.53. The Morgan fingerprint density at radius 3 is 2.83 bits per heavy atom. The van der Waals surface area contributed by atoms with Crippen LogP contribution < -0.4 is 0 Å². The summed E-state index contributed by atoms with van der Waals surface area (Å²) in [5.74, 6) is 0.787. The normalized spacial score (nSPS) is 10.1. The summed E-state index contributed by atoms with van der Waals surface area (Å²) in [5, 5.41) is 0. The third-order valence-corrected chi connectivity index (χ3v) is 1.53. The summed E-state index contributed by atoms with van der Waals surface area (Å²) in [6, 6.07) is 1.82. The highest BCUT2D eigenvalue weighted by atomic mass is 14.9. The molecule has 2 rings (SSSR count). The number of H-pyrrole nitrogens is 1. The van der Waals surface area contributed by atoms with Gasteiger partial charge in [0.05, 0.1) is 0 Å². The van der Waals surface area contributed by atoms with Gasteiger partial charge in [0.1, 0.15) is 12.0 Å². The van der Waals surface area contributed by atoms with Crippen molar-refractivity contribution in [2.24, 2.45) is 0 Å². The Morgan fingerprint density at radius 1 is 1.33 bits per heavy atom. The van der Waals surface area contributed by atoms with Gasteiger partial charge in [0.25, 0.3) is 0 Å². The molecule has 0 saturated carbocycles. The summed E-state index contributed by atoms with van der Waals surface area (Å²) in [5.41, 5.74) is 1.85. The number of rotatable bonds is 1. The van der Waals surface area contributed by atoms with Gasteiger partial charge in [-0.05, 0) is 13.0 Å². The van der Waals surface area contributed by atoms with Crippen molar-refractivity contribution in [3.05, 3.63) is 30.5 Å². The van der Waals surface area contributed by atoms with Crippen LogP contribution in [0.3, 0.4) is 0 Å². The summed E-state index contributed by atoms with van der Waals surface area (Å²) in [6.45, 7) is 1.96. The zero-order valence-electron chi connectivity index (χ0n) is 6.65. The Balaban J connectivity index is 2.45. The number of nitrogens with one attached hydrogen (secondary N) is 1. The topological polar surface area (TPSA) is 54.5 Å². The largest absolute Gasteiger partial charge is 0.341 e. The van der Waals surface area contributed by atoms with Crippen LogP contribution in [0, 0.1) is 6.92 Å². The lowest BCUT2D eigenvalue weighted by molar-refractivity contribution is 1.13. The van der Waals surface area contributed by atoms with E-state index < -0.39 is 0 Å². The summed E-state index contributed by atoms with van der Waals surface area (Å²) in [6.07, 6.45) is 4.98. The maximum Gasteiger partial charge on any atom is 0.156 e. The molecule has 60 valence electrons. The van der Waals surface area contributed by atoms with Crippen LogP contribution in [-0.4, -0.2) is 19.9 Å². The van der Waals surface area contributed by atoms with Crippen LogP contribution >= 0.6 is 0 Å². The van der Waals surface area contributed by atoms with Crippen LogP contribution in [-0.2, 0) is 0 Å². The van der Waals surface area contributed by atoms with Gasteiger partial charge < -0.3 is 4.98 Å². The van der Waals surface area contributed by atoms with E-state index in [9.17, 15) is 0 Å². The molecule has 0 aliphatic carbocycles. The molecule has 0 aliphatic rings. The molecule has 2 aromatic heterocycles. The molecule has 4 heteroatoms. The molecule has 4 nitrogen and oxygen atoms in total. The lowest BCUT2D eigenvalue weighted by Gasteiger charge is -1.91. The Bertz CT molecular complexity index is 366. The molecule has 0 atom stereocenters. The minimum absolute atomic E-state index is 0.787. The van der Waals surface area contributed by atoms with Gasteiger partial charge in [0.2, 0.25) is 0 Å². The predicted molar refractivity (Wildman–Crippen MR) is 44.4 cm³/mol. The minimum Gasteiger partial charge on any atom is -0.341 e. The Kier molecular flexibility index (Phi) is 1.59. The molecule has 0 radical (unpaired) electrons. The van der Waals surface area contributed by atoms with E-state index in [2.05, 4.69) is 19.9 Å². The van der Waals surface area contributed by atoms with Crippen LogP contribution in [0.5, 0.6) is 0 Å². The van der Waals surface area contributed by atoms with Gasteiger partial charge >= 0.3 is 0 Å². The molecule has 0 fully saturated rings. The Labute approximate surface area is 69.7 Å². The molecule has 1 N–H and O–H groups in total. The second-order valence-corrected chi connectivity index (χ2v) is 2.51. The molecule has 0 spiro atoms. The number of hydrogen-bond acceptors (Lipinski definition) is 3. The van der Waals surface area contributed by atoms with E-state index >= 15 is 0 Å². The predicted octanol–water partition coefficient (Wildman–Crippen LogP) is 1.18. The number of aromatic nitrogens is 4. The number of aromatic amines is 1. The fourth-order valence-electron chi connectivity index (χ4n) is 0.974. The monoisotopic (exact) mass is 160 g/mol. The average Bonchev–Trinajstić information content (AvgIpc) is 2.54. The second kappa shape index (κ2) is 2.73. The smallest absolute Gasteiger partial charge is 0.156 e. The highest BCUT2D eigenvalue weighted by Gasteiger charge is 2.00. The molecular weight excluding hydrogens is 152 g/mol. The van der Waals surface area contributed by atoms with Crippen molar-refractivity contribution in [3.8, 4) is 11.5 Å². The van der Waals surface area contributed by atoms with Gasteiger partial charge in [0.15, 0.2) is 5.82 Å². The van der Waals surface area contributed by atoms with E-state index in [1.807, 2.05) is 13.0 Å². The summed E-state index contributed by atoms with van der Waals surface area (Å²) < 4.78 is 0. The molecule has 0 aliphatic heterocycles. The van der Waals surface area contributed by atoms with E-state index in [4.69, 9.17) is 0 Å². The highest BCUT2D eigenvalue weighted by Crippen LogP contribution is 2.09. The van der Waals surface area contributed by atoms with Crippen LogP contribution in [0.4, 0.5) is 0 Å². The first-order valence-electron chi connectivity index (χ1n) is 3.64.